The highest BCUT2D eigenvalue weighted by atomic mass is 35.5. The first-order valence-corrected chi connectivity index (χ1v) is 6.56. The summed E-state index contributed by atoms with van der Waals surface area (Å²) in [5.41, 5.74) is 2.62. The van der Waals surface area contributed by atoms with Crippen molar-refractivity contribution in [2.75, 3.05) is 0 Å². The van der Waals surface area contributed by atoms with Crippen LogP contribution in [0, 0.1) is 0 Å². The van der Waals surface area contributed by atoms with Crippen LogP contribution in [0.3, 0.4) is 0 Å². The molecule has 0 radical (unpaired) electrons. The van der Waals surface area contributed by atoms with E-state index < -0.39 is 12.0 Å². The van der Waals surface area contributed by atoms with Crippen molar-refractivity contribution in [1.29, 1.82) is 0 Å². The Morgan fingerprint density at radius 2 is 1.80 bits per heavy atom. The summed E-state index contributed by atoms with van der Waals surface area (Å²) < 4.78 is 38.5. The molecule has 0 aliphatic heterocycles. The monoisotopic (exact) mass is 298 g/mol. The maximum absolute atomic E-state index is 12.8. The molecule has 20 heavy (non-hydrogen) atoms. The van der Waals surface area contributed by atoms with Gasteiger partial charge in [-0.3, -0.25) is 0 Å². The molecule has 6 heteroatoms. The normalized spacial score (nSPS) is 14.4. The van der Waals surface area contributed by atoms with Crippen molar-refractivity contribution in [3.63, 3.8) is 0 Å². The molecule has 0 bridgehead atoms. The largest absolute Gasteiger partial charge is 0.451 e. The molecule has 1 aliphatic rings. The molecule has 0 fully saturated rings. The van der Waals surface area contributed by atoms with Gasteiger partial charge in [-0.1, -0.05) is 35.9 Å². The number of rotatable bonds is 0. The predicted octanol–water partition coefficient (Wildman–Crippen LogP) is 4.30. The molecular formula is C14H10ClF3N2. The van der Waals surface area contributed by atoms with Crippen molar-refractivity contribution in [2.45, 2.75) is 25.4 Å². The van der Waals surface area contributed by atoms with E-state index in [2.05, 4.69) is 9.97 Å². The van der Waals surface area contributed by atoms with E-state index in [9.17, 15) is 13.2 Å². The van der Waals surface area contributed by atoms with Crippen LogP contribution in [0.2, 0.25) is 5.15 Å². The zero-order valence-electron chi connectivity index (χ0n) is 10.3. The zero-order chi connectivity index (χ0) is 14.3. The van der Waals surface area contributed by atoms with Crippen LogP contribution in [0.1, 0.15) is 23.4 Å². The van der Waals surface area contributed by atoms with E-state index in [0.29, 0.717) is 17.7 Å². The van der Waals surface area contributed by atoms with Gasteiger partial charge in [0.1, 0.15) is 5.15 Å². The lowest BCUT2D eigenvalue weighted by Crippen LogP contribution is -2.13. The van der Waals surface area contributed by atoms with Gasteiger partial charge in [0.2, 0.25) is 5.82 Å². The van der Waals surface area contributed by atoms with Crippen molar-refractivity contribution in [3.05, 3.63) is 46.4 Å². The van der Waals surface area contributed by atoms with Crippen molar-refractivity contribution in [3.8, 4) is 11.3 Å². The molecule has 0 saturated carbocycles. The minimum atomic E-state index is -4.60. The highest BCUT2D eigenvalue weighted by molar-refractivity contribution is 6.30. The third-order valence-corrected chi connectivity index (χ3v) is 3.67. The Morgan fingerprint density at radius 1 is 1.05 bits per heavy atom. The SMILES string of the molecule is FC(F)(F)c1nc(Cl)c2c(n1)-c1ccccc1CCC2. The van der Waals surface area contributed by atoms with Gasteiger partial charge in [0.25, 0.3) is 0 Å². The molecule has 1 heterocycles. The standard InChI is InChI=1S/C14H10ClF3N2/c15-12-10-7-3-5-8-4-1-2-6-9(8)11(10)19-13(20-12)14(16,17)18/h1-2,4,6H,3,5,7H2. The van der Waals surface area contributed by atoms with Crippen LogP contribution in [0.15, 0.2) is 24.3 Å². The summed E-state index contributed by atoms with van der Waals surface area (Å²) in [7, 11) is 0. The smallest absolute Gasteiger partial charge is 0.224 e. The van der Waals surface area contributed by atoms with Crippen LogP contribution in [0.25, 0.3) is 11.3 Å². The fourth-order valence-corrected chi connectivity index (χ4v) is 2.72. The lowest BCUT2D eigenvalue weighted by Gasteiger charge is -2.12. The number of aromatic nitrogens is 2. The molecule has 0 saturated heterocycles. The van der Waals surface area contributed by atoms with Crippen LogP contribution in [-0.4, -0.2) is 9.97 Å². The number of hydrogen-bond donors (Lipinski definition) is 0. The van der Waals surface area contributed by atoms with E-state index in [1.54, 1.807) is 12.1 Å². The highest BCUT2D eigenvalue weighted by Gasteiger charge is 2.36. The molecule has 0 N–H and O–H groups in total. The fraction of sp³-hybridized carbons (Fsp3) is 0.286. The van der Waals surface area contributed by atoms with Crippen molar-refractivity contribution in [2.24, 2.45) is 0 Å². The average molecular weight is 299 g/mol. The number of fused-ring (bicyclic) bond motifs is 3. The third kappa shape index (κ3) is 2.26. The maximum Gasteiger partial charge on any atom is 0.451 e. The molecule has 1 aliphatic carbocycles. The summed E-state index contributed by atoms with van der Waals surface area (Å²) >= 11 is 5.94. The van der Waals surface area contributed by atoms with Crippen LogP contribution in [-0.2, 0) is 19.0 Å². The second-order valence-electron chi connectivity index (χ2n) is 4.67. The zero-order valence-corrected chi connectivity index (χ0v) is 11.1. The average Bonchev–Trinajstić information content (AvgIpc) is 2.58. The molecule has 3 rings (SSSR count). The van der Waals surface area contributed by atoms with Crippen molar-refractivity contribution < 1.29 is 13.2 Å². The minimum Gasteiger partial charge on any atom is -0.224 e. The number of nitrogens with zero attached hydrogens (tertiary/aromatic N) is 2. The number of aryl methyl sites for hydroxylation is 1. The number of hydrogen-bond acceptors (Lipinski definition) is 2. The van der Waals surface area contributed by atoms with E-state index in [1.807, 2.05) is 12.1 Å². The second-order valence-corrected chi connectivity index (χ2v) is 5.03. The van der Waals surface area contributed by atoms with Crippen molar-refractivity contribution >= 4 is 11.6 Å². The van der Waals surface area contributed by atoms with E-state index in [1.165, 1.54) is 0 Å². The van der Waals surface area contributed by atoms with Gasteiger partial charge in [0.05, 0.1) is 5.69 Å². The number of halogens is 4. The summed E-state index contributed by atoms with van der Waals surface area (Å²) in [4.78, 5) is 7.13. The van der Waals surface area contributed by atoms with Gasteiger partial charge in [0.15, 0.2) is 0 Å². The molecule has 104 valence electrons. The molecule has 2 nitrogen and oxygen atoms in total. The minimum absolute atomic E-state index is 0.0981. The summed E-state index contributed by atoms with van der Waals surface area (Å²) in [6, 6.07) is 7.35. The summed E-state index contributed by atoms with van der Waals surface area (Å²) in [6.07, 6.45) is -2.40. The van der Waals surface area contributed by atoms with Crippen molar-refractivity contribution in [1.82, 2.24) is 9.97 Å². The first-order valence-electron chi connectivity index (χ1n) is 6.18. The Morgan fingerprint density at radius 3 is 2.55 bits per heavy atom. The molecule has 0 atom stereocenters. The molecular weight excluding hydrogens is 289 g/mol. The summed E-state index contributed by atoms with van der Waals surface area (Å²) in [5.74, 6) is -1.18. The lowest BCUT2D eigenvalue weighted by molar-refractivity contribution is -0.144. The van der Waals surface area contributed by atoms with Gasteiger partial charge in [-0.2, -0.15) is 13.2 Å². The number of alkyl halides is 3. The van der Waals surface area contributed by atoms with Crippen LogP contribution < -0.4 is 0 Å². The Balaban J connectivity index is 2.28. The van der Waals surface area contributed by atoms with Gasteiger partial charge < -0.3 is 0 Å². The van der Waals surface area contributed by atoms with Gasteiger partial charge in [-0.15, -0.1) is 0 Å². The molecule has 2 aromatic rings. The fourth-order valence-electron chi connectivity index (χ4n) is 2.45. The Kier molecular flexibility index (Phi) is 3.17. The van der Waals surface area contributed by atoms with Gasteiger partial charge in [0, 0.05) is 11.1 Å². The van der Waals surface area contributed by atoms with Gasteiger partial charge in [-0.05, 0) is 24.8 Å². The Bertz CT molecular complexity index is 668. The Hall–Kier alpha value is -1.62. The molecule has 1 aromatic carbocycles. The molecule has 0 spiro atoms. The first-order chi connectivity index (χ1) is 9.47. The van der Waals surface area contributed by atoms with E-state index in [0.717, 1.165) is 24.0 Å². The first kappa shape index (κ1) is 13.4. The Labute approximate surface area is 118 Å². The molecule has 0 unspecified atom stereocenters. The van der Waals surface area contributed by atoms with Gasteiger partial charge in [-0.25, -0.2) is 9.97 Å². The summed E-state index contributed by atoms with van der Waals surface area (Å²) in [5, 5.41) is -0.0981. The molecule has 0 amide bonds. The van der Waals surface area contributed by atoms with Crippen LogP contribution in [0.4, 0.5) is 13.2 Å². The quantitative estimate of drug-likeness (QED) is 0.678. The van der Waals surface area contributed by atoms with E-state index in [-0.39, 0.29) is 5.15 Å². The lowest BCUT2D eigenvalue weighted by atomic mass is 10.0. The second kappa shape index (κ2) is 4.74. The van der Waals surface area contributed by atoms with Crippen LogP contribution in [0.5, 0.6) is 0 Å². The predicted molar refractivity (Wildman–Crippen MR) is 69.5 cm³/mol. The molecule has 1 aromatic heterocycles. The number of benzene rings is 1. The third-order valence-electron chi connectivity index (χ3n) is 3.36. The van der Waals surface area contributed by atoms with E-state index in [4.69, 9.17) is 11.6 Å². The topological polar surface area (TPSA) is 25.8 Å². The summed E-state index contributed by atoms with van der Waals surface area (Å²) in [6.45, 7) is 0. The van der Waals surface area contributed by atoms with Crippen LogP contribution >= 0.6 is 11.6 Å². The highest BCUT2D eigenvalue weighted by Crippen LogP contribution is 2.36. The van der Waals surface area contributed by atoms with Gasteiger partial charge >= 0.3 is 6.18 Å². The van der Waals surface area contributed by atoms with E-state index >= 15 is 0 Å². The maximum atomic E-state index is 12.8.